The quantitative estimate of drug-likeness (QED) is 0.726. The van der Waals surface area contributed by atoms with Gasteiger partial charge < -0.3 is 21.7 Å². The first-order chi connectivity index (χ1) is 9.42. The molecule has 6 heteroatoms. The number of carbonyl (C=O) groups is 2. The van der Waals surface area contributed by atoms with Crippen molar-refractivity contribution >= 4 is 17.6 Å². The van der Waals surface area contributed by atoms with Gasteiger partial charge in [0.25, 0.3) is 0 Å². The highest BCUT2D eigenvalue weighted by atomic mass is 16.2. The average molecular weight is 278 g/mol. The van der Waals surface area contributed by atoms with E-state index in [9.17, 15) is 9.59 Å². The van der Waals surface area contributed by atoms with Gasteiger partial charge in [0.05, 0.1) is 0 Å². The maximum atomic E-state index is 12.1. The van der Waals surface area contributed by atoms with Crippen LogP contribution in [0.2, 0.25) is 0 Å². The predicted octanol–water partition coefficient (Wildman–Crippen LogP) is 1.12. The fourth-order valence-corrected chi connectivity index (χ4v) is 1.77. The lowest BCUT2D eigenvalue weighted by Gasteiger charge is -2.23. The van der Waals surface area contributed by atoms with Gasteiger partial charge in [-0.25, -0.2) is 4.79 Å². The summed E-state index contributed by atoms with van der Waals surface area (Å²) in [6.07, 6.45) is 0. The van der Waals surface area contributed by atoms with Gasteiger partial charge in [0.2, 0.25) is 5.91 Å². The second-order valence-electron chi connectivity index (χ2n) is 5.07. The van der Waals surface area contributed by atoms with E-state index in [0.717, 1.165) is 5.56 Å². The number of rotatable bonds is 6. The van der Waals surface area contributed by atoms with Crippen LogP contribution >= 0.6 is 0 Å². The number of hydrogen-bond donors (Lipinski definition) is 3. The third kappa shape index (κ3) is 5.27. The number of amides is 3. The summed E-state index contributed by atoms with van der Waals surface area (Å²) in [5.74, 6) is -0.279. The minimum Gasteiger partial charge on any atom is -0.368 e. The number of nitrogens with one attached hydrogen (secondary N) is 1. The number of nitrogens with zero attached hydrogens (tertiary/aromatic N) is 1. The first kappa shape index (κ1) is 16.0. The summed E-state index contributed by atoms with van der Waals surface area (Å²) < 4.78 is 0. The summed E-state index contributed by atoms with van der Waals surface area (Å²) in [4.78, 5) is 24.5. The molecule has 5 N–H and O–H groups in total. The summed E-state index contributed by atoms with van der Waals surface area (Å²) in [5, 5.41) is 2.74. The third-order valence-corrected chi connectivity index (χ3v) is 2.66. The van der Waals surface area contributed by atoms with Crippen LogP contribution in [0.5, 0.6) is 0 Å². The SMILES string of the molecule is CC(C)CN(CC(N)=O)C(=O)Nc1ccc(CN)cc1. The van der Waals surface area contributed by atoms with E-state index in [0.29, 0.717) is 18.8 Å². The molecule has 0 aromatic heterocycles. The second-order valence-corrected chi connectivity index (χ2v) is 5.07. The fraction of sp³-hybridized carbons (Fsp3) is 0.429. The van der Waals surface area contributed by atoms with E-state index in [2.05, 4.69) is 5.32 Å². The van der Waals surface area contributed by atoms with Gasteiger partial charge >= 0.3 is 6.03 Å². The van der Waals surface area contributed by atoms with Crippen LogP contribution in [0.3, 0.4) is 0 Å². The maximum Gasteiger partial charge on any atom is 0.322 e. The maximum absolute atomic E-state index is 12.1. The van der Waals surface area contributed by atoms with Gasteiger partial charge in [-0.3, -0.25) is 4.79 Å². The van der Waals surface area contributed by atoms with Crippen molar-refractivity contribution in [3.8, 4) is 0 Å². The molecule has 20 heavy (non-hydrogen) atoms. The summed E-state index contributed by atoms with van der Waals surface area (Å²) in [5.41, 5.74) is 12.3. The Kier molecular flexibility index (Phi) is 5.99. The lowest BCUT2D eigenvalue weighted by Crippen LogP contribution is -2.42. The lowest BCUT2D eigenvalue weighted by atomic mass is 10.2. The molecule has 0 aliphatic carbocycles. The smallest absolute Gasteiger partial charge is 0.322 e. The fourth-order valence-electron chi connectivity index (χ4n) is 1.77. The zero-order chi connectivity index (χ0) is 15.1. The van der Waals surface area contributed by atoms with Crippen molar-refractivity contribution in [2.24, 2.45) is 17.4 Å². The molecule has 0 heterocycles. The summed E-state index contributed by atoms with van der Waals surface area (Å²) in [7, 11) is 0. The Labute approximate surface area is 119 Å². The Morgan fingerprint density at radius 3 is 2.30 bits per heavy atom. The largest absolute Gasteiger partial charge is 0.368 e. The highest BCUT2D eigenvalue weighted by Gasteiger charge is 2.17. The molecule has 0 aliphatic heterocycles. The van der Waals surface area contributed by atoms with E-state index in [1.807, 2.05) is 26.0 Å². The second kappa shape index (κ2) is 7.49. The van der Waals surface area contributed by atoms with Crippen molar-refractivity contribution < 1.29 is 9.59 Å². The van der Waals surface area contributed by atoms with Gasteiger partial charge in [-0.15, -0.1) is 0 Å². The summed E-state index contributed by atoms with van der Waals surface area (Å²) in [6, 6.07) is 6.90. The number of hydrogen-bond acceptors (Lipinski definition) is 3. The van der Waals surface area contributed by atoms with Crippen molar-refractivity contribution in [2.45, 2.75) is 20.4 Å². The van der Waals surface area contributed by atoms with E-state index in [1.54, 1.807) is 12.1 Å². The molecule has 0 unspecified atom stereocenters. The third-order valence-electron chi connectivity index (χ3n) is 2.66. The Hall–Kier alpha value is -2.08. The number of carbonyl (C=O) groups excluding carboxylic acids is 2. The minimum atomic E-state index is -0.528. The molecule has 0 aliphatic rings. The number of anilines is 1. The van der Waals surface area contributed by atoms with E-state index < -0.39 is 5.91 Å². The molecule has 0 bridgehead atoms. The van der Waals surface area contributed by atoms with Crippen LogP contribution in [0.25, 0.3) is 0 Å². The monoisotopic (exact) mass is 278 g/mol. The van der Waals surface area contributed by atoms with Crippen molar-refractivity contribution in [3.05, 3.63) is 29.8 Å². The van der Waals surface area contributed by atoms with Crippen molar-refractivity contribution in [3.63, 3.8) is 0 Å². The van der Waals surface area contributed by atoms with Crippen molar-refractivity contribution in [1.82, 2.24) is 4.90 Å². The number of benzene rings is 1. The van der Waals surface area contributed by atoms with E-state index in [1.165, 1.54) is 4.90 Å². The zero-order valence-electron chi connectivity index (χ0n) is 11.9. The van der Waals surface area contributed by atoms with Gasteiger partial charge in [0.1, 0.15) is 6.54 Å². The van der Waals surface area contributed by atoms with Crippen molar-refractivity contribution in [2.75, 3.05) is 18.4 Å². The molecule has 0 atom stereocenters. The molecule has 1 aromatic rings. The summed E-state index contributed by atoms with van der Waals surface area (Å²) in [6.45, 7) is 4.77. The molecule has 0 radical (unpaired) electrons. The molecule has 110 valence electrons. The van der Waals surface area contributed by atoms with Gasteiger partial charge in [-0.05, 0) is 23.6 Å². The topological polar surface area (TPSA) is 101 Å². The highest BCUT2D eigenvalue weighted by molar-refractivity contribution is 5.92. The molecule has 0 spiro atoms. The number of nitrogens with two attached hydrogens (primary N) is 2. The number of primary amides is 1. The molecule has 6 nitrogen and oxygen atoms in total. The van der Waals surface area contributed by atoms with E-state index in [4.69, 9.17) is 11.5 Å². The molecular weight excluding hydrogens is 256 g/mol. The Morgan fingerprint density at radius 1 is 1.25 bits per heavy atom. The number of urea groups is 1. The van der Waals surface area contributed by atoms with Gasteiger partial charge in [0, 0.05) is 18.8 Å². The molecule has 3 amide bonds. The van der Waals surface area contributed by atoms with E-state index >= 15 is 0 Å². The van der Waals surface area contributed by atoms with Crippen LogP contribution in [0.4, 0.5) is 10.5 Å². The zero-order valence-corrected chi connectivity index (χ0v) is 11.9. The first-order valence-corrected chi connectivity index (χ1v) is 6.55. The van der Waals surface area contributed by atoms with Crippen LogP contribution in [0.15, 0.2) is 24.3 Å². The Morgan fingerprint density at radius 2 is 1.85 bits per heavy atom. The predicted molar refractivity (Wildman–Crippen MR) is 79.0 cm³/mol. The molecule has 1 rings (SSSR count). The Balaban J connectivity index is 2.70. The van der Waals surface area contributed by atoms with E-state index in [-0.39, 0.29) is 18.5 Å². The Bertz CT molecular complexity index is 457. The summed E-state index contributed by atoms with van der Waals surface area (Å²) >= 11 is 0. The first-order valence-electron chi connectivity index (χ1n) is 6.55. The van der Waals surface area contributed by atoms with Crippen LogP contribution in [0.1, 0.15) is 19.4 Å². The molecule has 0 fully saturated rings. The normalized spacial score (nSPS) is 10.4. The van der Waals surface area contributed by atoms with Crippen LogP contribution in [-0.4, -0.2) is 29.9 Å². The van der Waals surface area contributed by atoms with Crippen LogP contribution in [0, 0.1) is 5.92 Å². The minimum absolute atomic E-state index is 0.0924. The highest BCUT2D eigenvalue weighted by Crippen LogP contribution is 2.10. The molecule has 0 saturated heterocycles. The van der Waals surface area contributed by atoms with Gasteiger partial charge in [-0.1, -0.05) is 26.0 Å². The van der Waals surface area contributed by atoms with Crippen molar-refractivity contribution in [1.29, 1.82) is 0 Å². The lowest BCUT2D eigenvalue weighted by molar-refractivity contribution is -0.118. The average Bonchev–Trinajstić information content (AvgIpc) is 2.37. The van der Waals surface area contributed by atoms with Gasteiger partial charge in [-0.2, -0.15) is 0 Å². The molecule has 1 aromatic carbocycles. The van der Waals surface area contributed by atoms with Gasteiger partial charge in [0.15, 0.2) is 0 Å². The molecule has 0 saturated carbocycles. The standard InChI is InChI=1S/C14H22N4O2/c1-10(2)8-18(9-13(16)19)14(20)17-12-5-3-11(7-15)4-6-12/h3-6,10H,7-9,15H2,1-2H3,(H2,16,19)(H,17,20). The van der Waals surface area contributed by atoms with Crippen LogP contribution in [-0.2, 0) is 11.3 Å². The van der Waals surface area contributed by atoms with Crippen LogP contribution < -0.4 is 16.8 Å². The molecular formula is C14H22N4O2.